The monoisotopic (exact) mass is 401 g/mol. The zero-order valence-electron chi connectivity index (χ0n) is 14.3. The number of hydrogen-bond donors (Lipinski definition) is 1. The molecule has 1 N–H and O–H groups in total. The first-order chi connectivity index (χ1) is 13.5. The molecule has 28 heavy (non-hydrogen) atoms. The molecule has 3 amide bonds. The Hall–Kier alpha value is -3.33. The molecule has 2 atom stereocenters. The molecule has 10 heteroatoms. The summed E-state index contributed by atoms with van der Waals surface area (Å²) in [6.45, 7) is -0.355. The average Bonchev–Trinajstić information content (AvgIpc) is 3.18. The Morgan fingerprint density at radius 1 is 1.11 bits per heavy atom. The van der Waals surface area contributed by atoms with Crippen LogP contribution in [0.1, 0.15) is 0 Å². The number of fused-ring (bicyclic) bond motifs is 1. The number of benzene rings is 2. The van der Waals surface area contributed by atoms with Crippen molar-refractivity contribution >= 4 is 40.7 Å². The second kappa shape index (κ2) is 7.01. The molecule has 1 saturated heterocycles. The lowest BCUT2D eigenvalue weighted by Crippen LogP contribution is -2.43. The number of carbonyl (C=O) groups is 3. The van der Waals surface area contributed by atoms with E-state index >= 15 is 0 Å². The van der Waals surface area contributed by atoms with E-state index in [9.17, 15) is 18.8 Å². The summed E-state index contributed by atoms with van der Waals surface area (Å²) in [6.07, 6.45) is 0. The normalized spacial score (nSPS) is 20.6. The predicted molar refractivity (Wildman–Crippen MR) is 98.1 cm³/mol. The second-order valence-corrected chi connectivity index (χ2v) is 6.64. The summed E-state index contributed by atoms with van der Waals surface area (Å²) in [7, 11) is 0. The molecular formula is C18H13ClFN5O3. The van der Waals surface area contributed by atoms with E-state index in [1.165, 1.54) is 18.2 Å². The highest BCUT2D eigenvalue weighted by Gasteiger charge is 2.55. The van der Waals surface area contributed by atoms with Crippen LogP contribution in [0, 0.1) is 5.82 Å². The quantitative estimate of drug-likeness (QED) is 0.796. The van der Waals surface area contributed by atoms with Crippen molar-refractivity contribution in [2.75, 3.05) is 16.8 Å². The highest BCUT2D eigenvalue weighted by Crippen LogP contribution is 2.32. The van der Waals surface area contributed by atoms with Gasteiger partial charge in [-0.2, -0.15) is 5.11 Å². The molecular weight excluding hydrogens is 389 g/mol. The van der Waals surface area contributed by atoms with Gasteiger partial charge in [0.15, 0.2) is 12.1 Å². The first kappa shape index (κ1) is 18.1. The molecule has 0 bridgehead atoms. The first-order valence-electron chi connectivity index (χ1n) is 8.31. The molecule has 2 aliphatic heterocycles. The van der Waals surface area contributed by atoms with Crippen LogP contribution in [0.25, 0.3) is 0 Å². The van der Waals surface area contributed by atoms with Gasteiger partial charge in [0, 0.05) is 5.02 Å². The zero-order valence-corrected chi connectivity index (χ0v) is 15.0. The van der Waals surface area contributed by atoms with Crippen LogP contribution in [0.4, 0.5) is 15.8 Å². The van der Waals surface area contributed by atoms with Gasteiger partial charge in [-0.15, -0.1) is 0 Å². The highest BCUT2D eigenvalue weighted by molar-refractivity contribution is 6.31. The van der Waals surface area contributed by atoms with E-state index in [-0.39, 0.29) is 12.2 Å². The topological polar surface area (TPSA) is 94.4 Å². The lowest BCUT2D eigenvalue weighted by molar-refractivity contribution is -0.123. The largest absolute Gasteiger partial charge is 0.322 e. The van der Waals surface area contributed by atoms with Gasteiger partial charge in [0.25, 0.3) is 11.8 Å². The third kappa shape index (κ3) is 3.09. The van der Waals surface area contributed by atoms with E-state index in [2.05, 4.69) is 15.7 Å². The Kier molecular flexibility index (Phi) is 4.52. The average molecular weight is 402 g/mol. The number of rotatable bonds is 4. The molecule has 0 spiro atoms. The molecule has 4 rings (SSSR count). The van der Waals surface area contributed by atoms with Crippen LogP contribution in [-0.2, 0) is 14.4 Å². The van der Waals surface area contributed by atoms with Crippen LogP contribution >= 0.6 is 11.6 Å². The third-order valence-corrected chi connectivity index (χ3v) is 4.65. The fraction of sp³-hybridized carbons (Fsp3) is 0.167. The van der Waals surface area contributed by atoms with Crippen molar-refractivity contribution in [2.24, 2.45) is 10.3 Å². The van der Waals surface area contributed by atoms with E-state index in [0.717, 1.165) is 9.91 Å². The van der Waals surface area contributed by atoms with Gasteiger partial charge in [-0.3, -0.25) is 19.4 Å². The van der Waals surface area contributed by atoms with Gasteiger partial charge in [-0.05, 0) is 36.4 Å². The summed E-state index contributed by atoms with van der Waals surface area (Å²) < 4.78 is 13.7. The van der Waals surface area contributed by atoms with Crippen molar-refractivity contribution in [3.8, 4) is 0 Å². The van der Waals surface area contributed by atoms with E-state index < -0.39 is 35.6 Å². The maximum atomic E-state index is 13.7. The number of anilines is 2. The molecule has 2 aromatic carbocycles. The minimum Gasteiger partial charge on any atom is -0.322 e. The smallest absolute Gasteiger partial charge is 0.263 e. The van der Waals surface area contributed by atoms with Crippen LogP contribution in [0.15, 0.2) is 58.9 Å². The molecule has 0 unspecified atom stereocenters. The third-order valence-electron chi connectivity index (χ3n) is 4.40. The Morgan fingerprint density at radius 2 is 1.82 bits per heavy atom. The van der Waals surface area contributed by atoms with Crippen LogP contribution in [-0.4, -0.2) is 41.4 Å². The van der Waals surface area contributed by atoms with Crippen molar-refractivity contribution in [3.05, 3.63) is 59.4 Å². The maximum Gasteiger partial charge on any atom is 0.263 e. The van der Waals surface area contributed by atoms with Crippen molar-refractivity contribution in [1.82, 2.24) is 5.01 Å². The van der Waals surface area contributed by atoms with Crippen molar-refractivity contribution < 1.29 is 18.8 Å². The van der Waals surface area contributed by atoms with E-state index in [1.54, 1.807) is 30.3 Å². The molecule has 2 aromatic rings. The number of para-hydroxylation sites is 1. The lowest BCUT2D eigenvalue weighted by Gasteiger charge is -2.20. The molecule has 2 aliphatic rings. The van der Waals surface area contributed by atoms with Crippen LogP contribution in [0.2, 0.25) is 5.02 Å². The Bertz CT molecular complexity index is 997. The fourth-order valence-corrected chi connectivity index (χ4v) is 3.22. The summed E-state index contributed by atoms with van der Waals surface area (Å²) in [5.74, 6) is -2.24. The number of nitrogens with zero attached hydrogens (tertiary/aromatic N) is 4. The van der Waals surface area contributed by atoms with E-state index in [0.29, 0.717) is 10.7 Å². The van der Waals surface area contributed by atoms with Gasteiger partial charge in [0.05, 0.1) is 11.4 Å². The van der Waals surface area contributed by atoms with Gasteiger partial charge in [0.2, 0.25) is 5.91 Å². The number of amides is 3. The van der Waals surface area contributed by atoms with Gasteiger partial charge < -0.3 is 5.32 Å². The molecule has 142 valence electrons. The molecule has 0 saturated carbocycles. The lowest BCUT2D eigenvalue weighted by atomic mass is 10.1. The molecule has 2 heterocycles. The molecule has 0 aliphatic carbocycles. The van der Waals surface area contributed by atoms with Crippen LogP contribution < -0.4 is 10.2 Å². The van der Waals surface area contributed by atoms with Gasteiger partial charge in [-0.25, -0.2) is 9.29 Å². The van der Waals surface area contributed by atoms with E-state index in [4.69, 9.17) is 11.6 Å². The number of carbonyl (C=O) groups excluding carboxylic acids is 3. The fourth-order valence-electron chi connectivity index (χ4n) is 3.10. The highest BCUT2D eigenvalue weighted by atomic mass is 35.5. The standard InChI is InChI=1S/C18H13ClFN5O3/c19-10-5-7-11(8-6-10)25-17(27)15-16(18(25)28)24(23-22-15)9-14(26)21-13-4-2-1-3-12(13)20/h1-8,15-16H,9H2,(H,21,26)/t15-,16+/m0/s1. The first-order valence-corrected chi connectivity index (χ1v) is 8.68. The van der Waals surface area contributed by atoms with Crippen molar-refractivity contribution in [2.45, 2.75) is 12.1 Å². The Labute approximate surface area is 163 Å². The summed E-state index contributed by atoms with van der Waals surface area (Å²) in [5, 5.41) is 11.6. The zero-order chi connectivity index (χ0) is 19.8. The molecule has 0 aromatic heterocycles. The van der Waals surface area contributed by atoms with Crippen molar-refractivity contribution in [1.29, 1.82) is 0 Å². The minimum atomic E-state index is -1.02. The van der Waals surface area contributed by atoms with E-state index in [1.807, 2.05) is 0 Å². The number of imide groups is 1. The molecule has 1 fully saturated rings. The molecule has 8 nitrogen and oxygen atoms in total. The number of hydrogen-bond acceptors (Lipinski definition) is 6. The minimum absolute atomic E-state index is 0.0109. The second-order valence-electron chi connectivity index (χ2n) is 6.21. The predicted octanol–water partition coefficient (Wildman–Crippen LogP) is 2.41. The Morgan fingerprint density at radius 3 is 2.54 bits per heavy atom. The summed E-state index contributed by atoms with van der Waals surface area (Å²) in [5.41, 5.74) is 0.372. The summed E-state index contributed by atoms with van der Waals surface area (Å²) in [6, 6.07) is 9.87. The maximum absolute atomic E-state index is 13.7. The number of halogens is 2. The van der Waals surface area contributed by atoms with Crippen molar-refractivity contribution in [3.63, 3.8) is 0 Å². The van der Waals surface area contributed by atoms with Gasteiger partial charge in [0.1, 0.15) is 12.4 Å². The van der Waals surface area contributed by atoms with Crippen LogP contribution in [0.5, 0.6) is 0 Å². The van der Waals surface area contributed by atoms with Gasteiger partial charge >= 0.3 is 0 Å². The number of nitrogens with one attached hydrogen (secondary N) is 1. The SMILES string of the molecule is O=C(CN1N=N[C@@H]2C(=O)N(c3ccc(Cl)cc3)C(=O)[C@@H]21)Nc1ccccc1F. The summed E-state index contributed by atoms with van der Waals surface area (Å²) >= 11 is 5.84. The van der Waals surface area contributed by atoms with Gasteiger partial charge in [-0.1, -0.05) is 29.0 Å². The summed E-state index contributed by atoms with van der Waals surface area (Å²) in [4.78, 5) is 38.6. The molecule has 0 radical (unpaired) electrons. The van der Waals surface area contributed by atoms with Crippen LogP contribution in [0.3, 0.4) is 0 Å². The Balaban J connectivity index is 1.49.